The summed E-state index contributed by atoms with van der Waals surface area (Å²) in [7, 11) is 0. The maximum atomic E-state index is 9.25. The monoisotopic (exact) mass is 355 g/mol. The molecule has 0 saturated heterocycles. The van der Waals surface area contributed by atoms with Gasteiger partial charge in [-0.15, -0.1) is 0 Å². The first kappa shape index (κ1) is 15.6. The molecule has 1 aliphatic rings. The second-order valence-corrected chi connectivity index (χ2v) is 6.85. The van der Waals surface area contributed by atoms with Crippen molar-refractivity contribution in [3.05, 3.63) is 65.2 Å². The Labute approximate surface area is 155 Å². The van der Waals surface area contributed by atoms with Gasteiger partial charge < -0.3 is 9.73 Å². The Kier molecular flexibility index (Phi) is 3.47. The standard InChI is InChI=1S/C21H17N5O/c1-12-13(9-22)2-4-16-15(12)5-7-18(16)24-14-3-6-19-17(8-14)21(26-25-19)20-10-23-11-27-20/h2-4,6,8,10-11,18,24H,5,7H2,1H3,(H,25,26). The van der Waals surface area contributed by atoms with Gasteiger partial charge in [0.2, 0.25) is 0 Å². The Bertz CT molecular complexity index is 1180. The van der Waals surface area contributed by atoms with Crippen molar-refractivity contribution < 1.29 is 4.42 Å². The zero-order valence-electron chi connectivity index (χ0n) is 14.8. The summed E-state index contributed by atoms with van der Waals surface area (Å²) in [5, 5.41) is 21.3. The van der Waals surface area contributed by atoms with Gasteiger partial charge >= 0.3 is 0 Å². The fraction of sp³-hybridized carbons (Fsp3) is 0.190. The lowest BCUT2D eigenvalue weighted by Gasteiger charge is -2.16. The molecule has 0 bridgehead atoms. The van der Waals surface area contributed by atoms with Crippen LogP contribution in [0.1, 0.15) is 34.7 Å². The van der Waals surface area contributed by atoms with Crippen LogP contribution in [-0.2, 0) is 6.42 Å². The lowest BCUT2D eigenvalue weighted by molar-refractivity contribution is 0.570. The maximum absolute atomic E-state index is 9.25. The van der Waals surface area contributed by atoms with Crippen molar-refractivity contribution in [2.45, 2.75) is 25.8 Å². The highest BCUT2D eigenvalue weighted by atomic mass is 16.3. The topological polar surface area (TPSA) is 90.5 Å². The van der Waals surface area contributed by atoms with Gasteiger partial charge in [0.25, 0.3) is 0 Å². The van der Waals surface area contributed by atoms with E-state index in [-0.39, 0.29) is 6.04 Å². The molecule has 4 aromatic rings. The minimum atomic E-state index is 0.240. The quantitative estimate of drug-likeness (QED) is 0.565. The Morgan fingerprint density at radius 1 is 1.30 bits per heavy atom. The van der Waals surface area contributed by atoms with Gasteiger partial charge in [-0.05, 0) is 60.7 Å². The van der Waals surface area contributed by atoms with Gasteiger partial charge in [-0.3, -0.25) is 5.10 Å². The summed E-state index contributed by atoms with van der Waals surface area (Å²) in [4.78, 5) is 3.98. The number of aromatic nitrogens is 3. The molecule has 132 valence electrons. The number of nitriles is 1. The second-order valence-electron chi connectivity index (χ2n) is 6.85. The summed E-state index contributed by atoms with van der Waals surface area (Å²) in [6, 6.07) is 12.7. The van der Waals surface area contributed by atoms with Crippen molar-refractivity contribution in [1.29, 1.82) is 5.26 Å². The maximum Gasteiger partial charge on any atom is 0.181 e. The summed E-state index contributed by atoms with van der Waals surface area (Å²) in [5.41, 5.74) is 7.21. The van der Waals surface area contributed by atoms with Gasteiger partial charge in [-0.1, -0.05) is 6.07 Å². The van der Waals surface area contributed by atoms with Gasteiger partial charge in [0.1, 0.15) is 5.69 Å². The number of benzene rings is 2. The van der Waals surface area contributed by atoms with E-state index in [1.807, 2.05) is 19.1 Å². The average molecular weight is 355 g/mol. The van der Waals surface area contributed by atoms with Crippen LogP contribution in [-0.4, -0.2) is 15.2 Å². The van der Waals surface area contributed by atoms with E-state index in [0.29, 0.717) is 5.76 Å². The zero-order chi connectivity index (χ0) is 18.4. The normalized spacial score (nSPS) is 15.6. The van der Waals surface area contributed by atoms with Crippen LogP contribution in [0.2, 0.25) is 0 Å². The lowest BCUT2D eigenvalue weighted by atomic mass is 9.98. The van der Waals surface area contributed by atoms with Crippen molar-refractivity contribution in [2.75, 3.05) is 5.32 Å². The smallest absolute Gasteiger partial charge is 0.181 e. The molecular weight excluding hydrogens is 338 g/mol. The van der Waals surface area contributed by atoms with Crippen LogP contribution in [0.5, 0.6) is 0 Å². The summed E-state index contributed by atoms with van der Waals surface area (Å²) in [6.45, 7) is 2.04. The SMILES string of the molecule is Cc1c(C#N)ccc2c1CCC2Nc1ccc2[nH]nc(-c3cnco3)c2c1. The van der Waals surface area contributed by atoms with Gasteiger partial charge in [-0.2, -0.15) is 10.4 Å². The van der Waals surface area contributed by atoms with Gasteiger partial charge in [0.05, 0.1) is 29.4 Å². The summed E-state index contributed by atoms with van der Waals surface area (Å²) in [6.07, 6.45) is 5.08. The Hall–Kier alpha value is -3.59. The number of fused-ring (bicyclic) bond motifs is 2. The van der Waals surface area contributed by atoms with E-state index in [1.54, 1.807) is 6.20 Å². The van der Waals surface area contributed by atoms with Crippen LogP contribution in [0, 0.1) is 18.3 Å². The number of nitrogens with zero attached hydrogens (tertiary/aromatic N) is 3. The Balaban J connectivity index is 1.49. The van der Waals surface area contributed by atoms with Crippen LogP contribution < -0.4 is 5.32 Å². The van der Waals surface area contributed by atoms with Gasteiger partial charge in [0.15, 0.2) is 12.2 Å². The fourth-order valence-electron chi connectivity index (χ4n) is 3.98. The summed E-state index contributed by atoms with van der Waals surface area (Å²) in [5.74, 6) is 0.643. The third kappa shape index (κ3) is 2.48. The van der Waals surface area contributed by atoms with Crippen LogP contribution in [0.15, 0.2) is 47.3 Å². The molecular formula is C21H17N5O. The van der Waals surface area contributed by atoms with Crippen molar-refractivity contribution in [1.82, 2.24) is 15.2 Å². The Morgan fingerprint density at radius 3 is 3.04 bits per heavy atom. The molecule has 0 radical (unpaired) electrons. The molecule has 0 fully saturated rings. The van der Waals surface area contributed by atoms with E-state index in [2.05, 4.69) is 44.8 Å². The van der Waals surface area contributed by atoms with Gasteiger partial charge in [0, 0.05) is 11.1 Å². The first-order chi connectivity index (χ1) is 13.2. The average Bonchev–Trinajstić information content (AvgIpc) is 3.41. The molecule has 0 amide bonds. The molecule has 0 saturated carbocycles. The highest BCUT2D eigenvalue weighted by Crippen LogP contribution is 2.37. The van der Waals surface area contributed by atoms with E-state index in [0.717, 1.165) is 46.3 Å². The molecule has 5 rings (SSSR count). The number of hydrogen-bond donors (Lipinski definition) is 2. The number of nitrogens with one attached hydrogen (secondary N) is 2. The predicted molar refractivity (Wildman–Crippen MR) is 102 cm³/mol. The third-order valence-electron chi connectivity index (χ3n) is 5.38. The molecule has 1 atom stereocenters. The first-order valence-electron chi connectivity index (χ1n) is 8.90. The molecule has 0 aliphatic heterocycles. The number of aromatic amines is 1. The van der Waals surface area contributed by atoms with Crippen LogP contribution in [0.3, 0.4) is 0 Å². The molecule has 6 nitrogen and oxygen atoms in total. The second kappa shape index (κ2) is 5.99. The van der Waals surface area contributed by atoms with E-state index in [1.165, 1.54) is 17.5 Å². The van der Waals surface area contributed by atoms with Crippen molar-refractivity contribution in [3.63, 3.8) is 0 Å². The first-order valence-corrected chi connectivity index (χ1v) is 8.90. The molecule has 2 N–H and O–H groups in total. The predicted octanol–water partition coefficient (Wildman–Crippen LogP) is 4.50. The van der Waals surface area contributed by atoms with Gasteiger partial charge in [-0.25, -0.2) is 4.98 Å². The molecule has 1 unspecified atom stereocenters. The molecule has 6 heteroatoms. The molecule has 1 aliphatic carbocycles. The molecule has 27 heavy (non-hydrogen) atoms. The summed E-state index contributed by atoms with van der Waals surface area (Å²) >= 11 is 0. The molecule has 2 heterocycles. The third-order valence-corrected chi connectivity index (χ3v) is 5.38. The van der Waals surface area contributed by atoms with Crippen LogP contribution >= 0.6 is 0 Å². The number of oxazole rings is 1. The van der Waals surface area contributed by atoms with E-state index >= 15 is 0 Å². The molecule has 2 aromatic heterocycles. The van der Waals surface area contributed by atoms with Crippen molar-refractivity contribution in [2.24, 2.45) is 0 Å². The minimum Gasteiger partial charge on any atom is -0.442 e. The Morgan fingerprint density at radius 2 is 2.22 bits per heavy atom. The highest BCUT2D eigenvalue weighted by molar-refractivity contribution is 5.93. The number of anilines is 1. The lowest BCUT2D eigenvalue weighted by Crippen LogP contribution is -2.07. The molecule has 0 spiro atoms. The number of hydrogen-bond acceptors (Lipinski definition) is 5. The fourth-order valence-corrected chi connectivity index (χ4v) is 3.98. The zero-order valence-corrected chi connectivity index (χ0v) is 14.8. The van der Waals surface area contributed by atoms with Crippen molar-refractivity contribution >= 4 is 16.6 Å². The largest absolute Gasteiger partial charge is 0.442 e. The van der Waals surface area contributed by atoms with Crippen molar-refractivity contribution in [3.8, 4) is 17.5 Å². The summed E-state index contributed by atoms with van der Waals surface area (Å²) < 4.78 is 5.40. The van der Waals surface area contributed by atoms with Crippen LogP contribution in [0.4, 0.5) is 5.69 Å². The number of H-pyrrole nitrogens is 1. The van der Waals surface area contributed by atoms with E-state index in [4.69, 9.17) is 4.42 Å². The molecule has 2 aromatic carbocycles. The number of rotatable bonds is 3. The van der Waals surface area contributed by atoms with Crippen LogP contribution in [0.25, 0.3) is 22.4 Å². The van der Waals surface area contributed by atoms with E-state index < -0.39 is 0 Å². The van der Waals surface area contributed by atoms with E-state index in [9.17, 15) is 5.26 Å². The minimum absolute atomic E-state index is 0.240. The highest BCUT2D eigenvalue weighted by Gasteiger charge is 2.25.